The van der Waals surface area contributed by atoms with E-state index in [1.54, 1.807) is 18.6 Å². The number of hydrogen-bond acceptors (Lipinski definition) is 4. The fourth-order valence-corrected chi connectivity index (χ4v) is 1.85. The third-order valence-corrected chi connectivity index (χ3v) is 3.06. The molecule has 2 aromatic rings. The van der Waals surface area contributed by atoms with Gasteiger partial charge in [-0.2, -0.15) is 0 Å². The van der Waals surface area contributed by atoms with Gasteiger partial charge in [0.2, 0.25) is 0 Å². The molecule has 0 aliphatic carbocycles. The second-order valence-corrected chi connectivity index (χ2v) is 4.86. The summed E-state index contributed by atoms with van der Waals surface area (Å²) in [6, 6.07) is 5.60. The fourth-order valence-electron chi connectivity index (χ4n) is 1.17. The Labute approximate surface area is 115 Å². The highest BCUT2D eigenvalue weighted by Gasteiger charge is 2.01. The van der Waals surface area contributed by atoms with Crippen LogP contribution < -0.4 is 5.73 Å². The standard InChI is InChI=1S/C11H8Br2N4/c12-8-5-15-6-9(11(8)14)16-4-7-2-1-3-10(13)17-7/h1-6H,(H2,14,15). The molecule has 0 amide bonds. The third-order valence-electron chi connectivity index (χ3n) is 1.99. The molecule has 0 atom stereocenters. The van der Waals surface area contributed by atoms with E-state index in [-0.39, 0.29) is 0 Å². The first-order valence-electron chi connectivity index (χ1n) is 4.72. The lowest BCUT2D eigenvalue weighted by atomic mass is 10.3. The summed E-state index contributed by atoms with van der Waals surface area (Å²) >= 11 is 6.60. The van der Waals surface area contributed by atoms with Gasteiger partial charge in [-0.25, -0.2) is 4.98 Å². The summed E-state index contributed by atoms with van der Waals surface area (Å²) in [6.45, 7) is 0. The van der Waals surface area contributed by atoms with Gasteiger partial charge in [0.05, 0.1) is 28.3 Å². The van der Waals surface area contributed by atoms with Gasteiger partial charge in [-0.15, -0.1) is 0 Å². The minimum atomic E-state index is 0.561. The van der Waals surface area contributed by atoms with Crippen LogP contribution in [0.15, 0.2) is 44.7 Å². The predicted molar refractivity (Wildman–Crippen MR) is 75.5 cm³/mol. The third kappa shape index (κ3) is 3.10. The van der Waals surface area contributed by atoms with E-state index < -0.39 is 0 Å². The average molecular weight is 356 g/mol. The number of rotatable bonds is 2. The maximum absolute atomic E-state index is 5.85. The second kappa shape index (κ2) is 5.37. The van der Waals surface area contributed by atoms with Crippen molar-refractivity contribution in [2.75, 3.05) is 5.73 Å². The summed E-state index contributed by atoms with van der Waals surface area (Å²) in [5.74, 6) is 0. The van der Waals surface area contributed by atoms with Gasteiger partial charge in [0.25, 0.3) is 0 Å². The van der Waals surface area contributed by atoms with E-state index >= 15 is 0 Å². The summed E-state index contributed by atoms with van der Waals surface area (Å²) in [5.41, 5.74) is 7.77. The maximum atomic E-state index is 5.85. The summed E-state index contributed by atoms with van der Waals surface area (Å²) in [6.07, 6.45) is 4.88. The van der Waals surface area contributed by atoms with Crippen LogP contribution in [0.2, 0.25) is 0 Å². The van der Waals surface area contributed by atoms with Crippen molar-refractivity contribution in [1.29, 1.82) is 0 Å². The molecule has 6 heteroatoms. The number of halogens is 2. The van der Waals surface area contributed by atoms with Crippen LogP contribution in [0.4, 0.5) is 11.4 Å². The first kappa shape index (κ1) is 12.2. The Kier molecular flexibility index (Phi) is 3.86. The molecule has 2 rings (SSSR count). The smallest absolute Gasteiger partial charge is 0.106 e. The topological polar surface area (TPSA) is 64.2 Å². The molecule has 0 spiro atoms. The number of hydrogen-bond donors (Lipinski definition) is 1. The lowest BCUT2D eigenvalue weighted by Gasteiger charge is -2.00. The van der Waals surface area contributed by atoms with Crippen molar-refractivity contribution in [3.05, 3.63) is 45.4 Å². The largest absolute Gasteiger partial charge is 0.396 e. The quantitative estimate of drug-likeness (QED) is 0.663. The number of anilines is 1. The first-order valence-corrected chi connectivity index (χ1v) is 6.31. The van der Waals surface area contributed by atoms with Crippen molar-refractivity contribution in [3.8, 4) is 0 Å². The molecule has 0 saturated heterocycles. The molecule has 2 heterocycles. The second-order valence-electron chi connectivity index (χ2n) is 3.20. The summed E-state index contributed by atoms with van der Waals surface area (Å²) in [7, 11) is 0. The molecule has 0 bridgehead atoms. The van der Waals surface area contributed by atoms with Gasteiger partial charge in [-0.1, -0.05) is 6.07 Å². The molecule has 0 aliphatic heterocycles. The van der Waals surface area contributed by atoms with Crippen molar-refractivity contribution < 1.29 is 0 Å². The lowest BCUT2D eigenvalue weighted by molar-refractivity contribution is 1.25. The number of aliphatic imine (C=N–C) groups is 1. The highest BCUT2D eigenvalue weighted by Crippen LogP contribution is 2.27. The van der Waals surface area contributed by atoms with Crippen LogP contribution in [-0.2, 0) is 0 Å². The number of aromatic nitrogens is 2. The molecule has 0 aromatic carbocycles. The molecule has 0 radical (unpaired) electrons. The molecular formula is C11H8Br2N4. The summed E-state index contributed by atoms with van der Waals surface area (Å²) in [5, 5.41) is 0. The maximum Gasteiger partial charge on any atom is 0.106 e. The van der Waals surface area contributed by atoms with Crippen LogP contribution in [0, 0.1) is 0 Å². The van der Waals surface area contributed by atoms with Gasteiger partial charge in [-0.3, -0.25) is 9.98 Å². The van der Waals surface area contributed by atoms with Gasteiger partial charge < -0.3 is 5.73 Å². The zero-order valence-electron chi connectivity index (χ0n) is 8.64. The highest BCUT2D eigenvalue weighted by atomic mass is 79.9. The van der Waals surface area contributed by atoms with Crippen molar-refractivity contribution >= 4 is 49.4 Å². The van der Waals surface area contributed by atoms with Crippen LogP contribution >= 0.6 is 31.9 Å². The Bertz CT molecular complexity index is 569. The Morgan fingerprint density at radius 2 is 2.06 bits per heavy atom. The molecule has 0 saturated carbocycles. The van der Waals surface area contributed by atoms with Crippen LogP contribution in [0.25, 0.3) is 0 Å². The Morgan fingerprint density at radius 3 is 2.82 bits per heavy atom. The summed E-state index contributed by atoms with van der Waals surface area (Å²) < 4.78 is 1.50. The predicted octanol–water partition coefficient (Wildman–Crippen LogP) is 3.33. The average Bonchev–Trinajstić information content (AvgIpc) is 2.31. The van der Waals surface area contributed by atoms with E-state index in [0.29, 0.717) is 11.4 Å². The van der Waals surface area contributed by atoms with E-state index in [9.17, 15) is 0 Å². The lowest BCUT2D eigenvalue weighted by Crippen LogP contribution is -1.90. The van der Waals surface area contributed by atoms with Gasteiger partial charge in [0.15, 0.2) is 0 Å². The normalized spacial score (nSPS) is 10.9. The zero-order valence-corrected chi connectivity index (χ0v) is 11.8. The van der Waals surface area contributed by atoms with Crippen molar-refractivity contribution in [1.82, 2.24) is 9.97 Å². The zero-order chi connectivity index (χ0) is 12.3. The van der Waals surface area contributed by atoms with Crippen molar-refractivity contribution in [2.24, 2.45) is 4.99 Å². The minimum Gasteiger partial charge on any atom is -0.396 e. The van der Waals surface area contributed by atoms with E-state index in [2.05, 4.69) is 46.8 Å². The van der Waals surface area contributed by atoms with Crippen LogP contribution in [0.1, 0.15) is 5.69 Å². The number of nitrogen functional groups attached to an aromatic ring is 1. The van der Waals surface area contributed by atoms with Gasteiger partial charge in [-0.05, 0) is 44.0 Å². The van der Waals surface area contributed by atoms with Crippen LogP contribution in [0.3, 0.4) is 0 Å². The Morgan fingerprint density at radius 1 is 1.24 bits per heavy atom. The summed E-state index contributed by atoms with van der Waals surface area (Å²) in [4.78, 5) is 12.5. The Balaban J connectivity index is 2.29. The molecule has 0 aliphatic rings. The van der Waals surface area contributed by atoms with Crippen molar-refractivity contribution in [3.63, 3.8) is 0 Å². The van der Waals surface area contributed by atoms with Crippen LogP contribution in [0.5, 0.6) is 0 Å². The van der Waals surface area contributed by atoms with Gasteiger partial charge in [0, 0.05) is 6.20 Å². The van der Waals surface area contributed by atoms with Gasteiger partial charge in [0.1, 0.15) is 10.3 Å². The highest BCUT2D eigenvalue weighted by molar-refractivity contribution is 9.10. The van der Waals surface area contributed by atoms with E-state index in [0.717, 1.165) is 14.8 Å². The molecule has 4 nitrogen and oxygen atoms in total. The van der Waals surface area contributed by atoms with Crippen molar-refractivity contribution in [2.45, 2.75) is 0 Å². The van der Waals surface area contributed by atoms with E-state index in [1.807, 2.05) is 18.2 Å². The SMILES string of the molecule is Nc1c(Br)cncc1N=Cc1cccc(Br)n1. The molecule has 86 valence electrons. The fraction of sp³-hybridized carbons (Fsp3) is 0. The number of nitrogens with zero attached hydrogens (tertiary/aromatic N) is 3. The molecule has 2 aromatic heterocycles. The number of pyridine rings is 2. The van der Waals surface area contributed by atoms with E-state index in [1.165, 1.54) is 0 Å². The molecular weight excluding hydrogens is 348 g/mol. The molecule has 17 heavy (non-hydrogen) atoms. The molecule has 0 unspecified atom stereocenters. The van der Waals surface area contributed by atoms with Crippen LogP contribution in [-0.4, -0.2) is 16.2 Å². The molecule has 0 fully saturated rings. The first-order chi connectivity index (χ1) is 8.16. The Hall–Kier alpha value is -1.27. The van der Waals surface area contributed by atoms with Gasteiger partial charge >= 0.3 is 0 Å². The monoisotopic (exact) mass is 354 g/mol. The minimum absolute atomic E-state index is 0.561. The van der Waals surface area contributed by atoms with E-state index in [4.69, 9.17) is 5.73 Å². The molecule has 2 N–H and O–H groups in total. The number of nitrogens with two attached hydrogens (primary N) is 1.